The summed E-state index contributed by atoms with van der Waals surface area (Å²) < 4.78 is 3.03. The third-order valence-electron chi connectivity index (χ3n) is 4.79. The number of nitrogens with one attached hydrogen (secondary N) is 1. The van der Waals surface area contributed by atoms with Crippen LogP contribution in [0.3, 0.4) is 0 Å². The molecule has 2 heterocycles. The van der Waals surface area contributed by atoms with Crippen LogP contribution in [0.4, 0.5) is 5.82 Å². The zero-order valence-electron chi connectivity index (χ0n) is 16.1. The van der Waals surface area contributed by atoms with Gasteiger partial charge in [-0.1, -0.05) is 43.3 Å². The van der Waals surface area contributed by atoms with Gasteiger partial charge in [0.25, 0.3) is 5.56 Å². The van der Waals surface area contributed by atoms with Crippen LogP contribution in [0.15, 0.2) is 71.9 Å². The van der Waals surface area contributed by atoms with Crippen molar-refractivity contribution in [2.45, 2.75) is 26.4 Å². The lowest BCUT2D eigenvalue weighted by atomic mass is 10.1. The molecule has 1 N–H and O–H groups in total. The van der Waals surface area contributed by atoms with Crippen LogP contribution in [0.2, 0.25) is 0 Å². The van der Waals surface area contributed by atoms with Crippen molar-refractivity contribution in [1.82, 2.24) is 19.3 Å². The number of fused-ring (bicyclic) bond motifs is 1. The lowest BCUT2D eigenvalue weighted by Gasteiger charge is -2.11. The van der Waals surface area contributed by atoms with Crippen LogP contribution < -0.4 is 10.9 Å². The first-order valence-corrected chi connectivity index (χ1v) is 9.47. The average molecular weight is 387 g/mol. The first kappa shape index (κ1) is 18.6. The topological polar surface area (TPSA) is 81.8 Å². The van der Waals surface area contributed by atoms with E-state index in [-0.39, 0.29) is 18.0 Å². The highest BCUT2D eigenvalue weighted by Crippen LogP contribution is 2.12. The number of rotatable bonds is 6. The zero-order valence-corrected chi connectivity index (χ0v) is 16.1. The van der Waals surface area contributed by atoms with Crippen molar-refractivity contribution in [3.05, 3.63) is 88.6 Å². The van der Waals surface area contributed by atoms with Crippen LogP contribution in [0, 0.1) is 0 Å². The number of carbonyl (C=O) groups is 1. The van der Waals surface area contributed by atoms with Crippen LogP contribution >= 0.6 is 0 Å². The van der Waals surface area contributed by atoms with Gasteiger partial charge in [-0.15, -0.1) is 0 Å². The fourth-order valence-electron chi connectivity index (χ4n) is 3.17. The molecule has 2 aromatic carbocycles. The first-order valence-electron chi connectivity index (χ1n) is 9.47. The summed E-state index contributed by atoms with van der Waals surface area (Å²) in [6.45, 7) is 2.55. The van der Waals surface area contributed by atoms with E-state index < -0.39 is 0 Å². The highest BCUT2D eigenvalue weighted by atomic mass is 16.2. The fourth-order valence-corrected chi connectivity index (χ4v) is 3.17. The second kappa shape index (κ2) is 8.10. The van der Waals surface area contributed by atoms with Gasteiger partial charge in [0.05, 0.1) is 30.0 Å². The number of hydrogen-bond acceptors (Lipinski definition) is 4. The highest BCUT2D eigenvalue weighted by Gasteiger charge is 2.11. The molecule has 0 saturated carbocycles. The Bertz CT molecular complexity index is 1210. The van der Waals surface area contributed by atoms with Crippen molar-refractivity contribution in [2.24, 2.45) is 0 Å². The number of aryl methyl sites for hydroxylation is 1. The molecular weight excluding hydrogens is 366 g/mol. The summed E-state index contributed by atoms with van der Waals surface area (Å²) in [6.07, 6.45) is 4.03. The van der Waals surface area contributed by atoms with Crippen molar-refractivity contribution in [2.75, 3.05) is 5.32 Å². The number of benzene rings is 2. The van der Waals surface area contributed by atoms with E-state index in [1.54, 1.807) is 35.1 Å². The lowest BCUT2D eigenvalue weighted by molar-refractivity contribution is -0.116. The summed E-state index contributed by atoms with van der Waals surface area (Å²) in [4.78, 5) is 29.3. The monoisotopic (exact) mass is 387 g/mol. The van der Waals surface area contributed by atoms with E-state index in [2.05, 4.69) is 46.6 Å². The van der Waals surface area contributed by atoms with E-state index in [9.17, 15) is 9.59 Å². The Morgan fingerprint density at radius 3 is 2.59 bits per heavy atom. The van der Waals surface area contributed by atoms with Gasteiger partial charge in [-0.2, -0.15) is 5.10 Å². The molecule has 0 aliphatic carbocycles. The molecular formula is C22H21N5O2. The molecule has 0 bridgehead atoms. The number of hydrogen-bond donors (Lipinski definition) is 1. The Hall–Kier alpha value is -3.74. The van der Waals surface area contributed by atoms with Crippen LogP contribution in [0.1, 0.15) is 18.1 Å². The van der Waals surface area contributed by atoms with Crippen molar-refractivity contribution < 1.29 is 4.79 Å². The Morgan fingerprint density at radius 2 is 1.79 bits per heavy atom. The van der Waals surface area contributed by atoms with Gasteiger partial charge in [0.2, 0.25) is 5.91 Å². The van der Waals surface area contributed by atoms with E-state index in [0.29, 0.717) is 23.3 Å². The normalized spacial score (nSPS) is 10.9. The van der Waals surface area contributed by atoms with Gasteiger partial charge in [0.1, 0.15) is 12.4 Å². The van der Waals surface area contributed by atoms with Gasteiger partial charge in [0.15, 0.2) is 0 Å². The summed E-state index contributed by atoms with van der Waals surface area (Å²) in [5.74, 6) is 0.267. The highest BCUT2D eigenvalue weighted by molar-refractivity contribution is 5.89. The summed E-state index contributed by atoms with van der Waals surface area (Å²) in [5, 5.41) is 7.61. The predicted octanol–water partition coefficient (Wildman–Crippen LogP) is 2.84. The van der Waals surface area contributed by atoms with Gasteiger partial charge in [-0.25, -0.2) is 9.67 Å². The van der Waals surface area contributed by atoms with Crippen molar-refractivity contribution in [1.29, 1.82) is 0 Å². The second-order valence-electron chi connectivity index (χ2n) is 6.79. The summed E-state index contributed by atoms with van der Waals surface area (Å²) in [7, 11) is 0. The molecule has 0 saturated heterocycles. The molecule has 0 spiro atoms. The zero-order chi connectivity index (χ0) is 20.2. The minimum absolute atomic E-state index is 0.118. The molecule has 0 atom stereocenters. The molecule has 2 aromatic heterocycles. The number of aromatic nitrogens is 4. The maximum absolute atomic E-state index is 12.6. The van der Waals surface area contributed by atoms with Crippen molar-refractivity contribution in [3.8, 4) is 0 Å². The SMILES string of the molecule is CCc1ccc(Cn2nccc2NC(=O)Cn2cnc3ccccc3c2=O)cc1. The molecule has 4 aromatic rings. The smallest absolute Gasteiger partial charge is 0.261 e. The maximum atomic E-state index is 12.6. The Morgan fingerprint density at radius 1 is 1.03 bits per heavy atom. The minimum atomic E-state index is -0.313. The fraction of sp³-hybridized carbons (Fsp3) is 0.182. The first-order chi connectivity index (χ1) is 14.1. The van der Waals surface area contributed by atoms with E-state index in [4.69, 9.17) is 0 Å². The number of carbonyl (C=O) groups excluding carboxylic acids is 1. The Kier molecular flexibility index (Phi) is 5.20. The van der Waals surface area contributed by atoms with Crippen molar-refractivity contribution >= 4 is 22.6 Å². The van der Waals surface area contributed by atoms with Gasteiger partial charge in [-0.05, 0) is 29.7 Å². The lowest BCUT2D eigenvalue weighted by Crippen LogP contribution is -2.28. The number of anilines is 1. The number of nitrogens with zero attached hydrogens (tertiary/aromatic N) is 4. The molecule has 0 radical (unpaired) electrons. The molecule has 4 rings (SSSR count). The molecule has 0 aliphatic heterocycles. The molecule has 0 aliphatic rings. The van der Waals surface area contributed by atoms with E-state index in [1.165, 1.54) is 16.5 Å². The maximum Gasteiger partial charge on any atom is 0.261 e. The van der Waals surface area contributed by atoms with E-state index in [0.717, 1.165) is 12.0 Å². The quantitative estimate of drug-likeness (QED) is 0.552. The third-order valence-corrected chi connectivity index (χ3v) is 4.79. The third kappa shape index (κ3) is 4.08. The molecule has 0 fully saturated rings. The van der Waals surface area contributed by atoms with Crippen molar-refractivity contribution in [3.63, 3.8) is 0 Å². The van der Waals surface area contributed by atoms with Crippen LogP contribution in [0.25, 0.3) is 10.9 Å². The summed E-state index contributed by atoms with van der Waals surface area (Å²) in [5.41, 5.74) is 2.74. The van der Waals surface area contributed by atoms with Gasteiger partial charge in [-0.3, -0.25) is 14.2 Å². The summed E-state index contributed by atoms with van der Waals surface area (Å²) >= 11 is 0. The van der Waals surface area contributed by atoms with Gasteiger partial charge < -0.3 is 5.32 Å². The molecule has 29 heavy (non-hydrogen) atoms. The Balaban J connectivity index is 1.47. The minimum Gasteiger partial charge on any atom is -0.309 e. The second-order valence-corrected chi connectivity index (χ2v) is 6.79. The number of para-hydroxylation sites is 1. The molecule has 0 unspecified atom stereocenters. The standard InChI is InChI=1S/C22H21N5O2/c1-2-16-7-9-17(10-8-16)13-27-20(11-12-24-27)25-21(28)14-26-15-23-19-6-4-3-5-18(19)22(26)29/h3-12,15H,2,13-14H2,1H3,(H,25,28). The van der Waals surface area contributed by atoms with Crippen LogP contribution in [-0.4, -0.2) is 25.2 Å². The van der Waals surface area contributed by atoms with Crippen LogP contribution in [0.5, 0.6) is 0 Å². The molecule has 146 valence electrons. The average Bonchev–Trinajstić information content (AvgIpc) is 3.17. The molecule has 7 heteroatoms. The summed E-state index contributed by atoms with van der Waals surface area (Å²) in [6, 6.07) is 17.1. The Labute approximate surface area is 167 Å². The van der Waals surface area contributed by atoms with E-state index >= 15 is 0 Å². The van der Waals surface area contributed by atoms with E-state index in [1.807, 2.05) is 6.07 Å². The largest absolute Gasteiger partial charge is 0.309 e. The van der Waals surface area contributed by atoms with Gasteiger partial charge >= 0.3 is 0 Å². The molecule has 1 amide bonds. The predicted molar refractivity (Wildman–Crippen MR) is 112 cm³/mol. The van der Waals surface area contributed by atoms with Crippen LogP contribution in [-0.2, 0) is 24.3 Å². The molecule has 7 nitrogen and oxygen atoms in total. The number of amides is 1. The van der Waals surface area contributed by atoms with Gasteiger partial charge in [0, 0.05) is 6.07 Å².